The van der Waals surface area contributed by atoms with Crippen molar-refractivity contribution >= 4 is 21.7 Å². The molecule has 2 rings (SSSR count). The standard InChI is InChI=1S/C16H20BrN3/c1-5-18-16-14(10(2)3)11(4)19-15(20-16)12-6-8-13(17)9-7-12/h6-10H,5H2,1-4H3,(H,18,19,20). The summed E-state index contributed by atoms with van der Waals surface area (Å²) in [6.45, 7) is 9.34. The van der Waals surface area contributed by atoms with Gasteiger partial charge in [-0.3, -0.25) is 0 Å². The molecule has 0 spiro atoms. The Balaban J connectivity index is 2.53. The molecule has 1 aromatic carbocycles. The number of benzene rings is 1. The van der Waals surface area contributed by atoms with Gasteiger partial charge in [0.15, 0.2) is 5.82 Å². The van der Waals surface area contributed by atoms with Crippen LogP contribution in [0.5, 0.6) is 0 Å². The molecule has 0 bridgehead atoms. The normalized spacial score (nSPS) is 10.9. The van der Waals surface area contributed by atoms with E-state index in [2.05, 4.69) is 53.9 Å². The Morgan fingerprint density at radius 3 is 2.35 bits per heavy atom. The van der Waals surface area contributed by atoms with Crippen LogP contribution in [0, 0.1) is 6.92 Å². The maximum Gasteiger partial charge on any atom is 0.161 e. The quantitative estimate of drug-likeness (QED) is 0.875. The van der Waals surface area contributed by atoms with Crippen LogP contribution >= 0.6 is 15.9 Å². The third-order valence-corrected chi connectivity index (χ3v) is 3.69. The van der Waals surface area contributed by atoms with Gasteiger partial charge in [0.25, 0.3) is 0 Å². The Morgan fingerprint density at radius 1 is 1.15 bits per heavy atom. The van der Waals surface area contributed by atoms with Crippen LogP contribution in [0.15, 0.2) is 28.7 Å². The molecule has 3 nitrogen and oxygen atoms in total. The minimum absolute atomic E-state index is 0.406. The number of nitrogens with zero attached hydrogens (tertiary/aromatic N) is 2. The van der Waals surface area contributed by atoms with E-state index in [0.717, 1.165) is 33.9 Å². The van der Waals surface area contributed by atoms with Gasteiger partial charge in [0.1, 0.15) is 5.82 Å². The van der Waals surface area contributed by atoms with Gasteiger partial charge in [0, 0.05) is 27.8 Å². The van der Waals surface area contributed by atoms with Gasteiger partial charge in [-0.15, -0.1) is 0 Å². The van der Waals surface area contributed by atoms with E-state index in [0.29, 0.717) is 5.92 Å². The lowest BCUT2D eigenvalue weighted by atomic mass is 10.0. The Morgan fingerprint density at radius 2 is 1.80 bits per heavy atom. The molecule has 1 aromatic heterocycles. The number of hydrogen-bond donors (Lipinski definition) is 1. The predicted molar refractivity (Wildman–Crippen MR) is 88.2 cm³/mol. The molecular weight excluding hydrogens is 314 g/mol. The van der Waals surface area contributed by atoms with Gasteiger partial charge in [0.05, 0.1) is 0 Å². The van der Waals surface area contributed by atoms with E-state index in [1.54, 1.807) is 0 Å². The molecule has 1 N–H and O–H groups in total. The van der Waals surface area contributed by atoms with Crippen LogP contribution in [-0.4, -0.2) is 16.5 Å². The number of halogens is 1. The van der Waals surface area contributed by atoms with Gasteiger partial charge in [-0.25, -0.2) is 9.97 Å². The molecule has 4 heteroatoms. The Hall–Kier alpha value is -1.42. The number of rotatable bonds is 4. The number of aromatic nitrogens is 2. The number of hydrogen-bond acceptors (Lipinski definition) is 3. The van der Waals surface area contributed by atoms with Gasteiger partial charge in [0.2, 0.25) is 0 Å². The summed E-state index contributed by atoms with van der Waals surface area (Å²) in [7, 11) is 0. The molecule has 0 saturated carbocycles. The summed E-state index contributed by atoms with van der Waals surface area (Å²) < 4.78 is 1.06. The Bertz CT molecular complexity index is 591. The average molecular weight is 334 g/mol. The maximum absolute atomic E-state index is 4.71. The average Bonchev–Trinajstić information content (AvgIpc) is 2.38. The van der Waals surface area contributed by atoms with E-state index >= 15 is 0 Å². The second kappa shape index (κ2) is 6.35. The number of nitrogens with one attached hydrogen (secondary N) is 1. The molecule has 106 valence electrons. The maximum atomic E-state index is 4.71. The van der Waals surface area contributed by atoms with Crippen LogP contribution in [-0.2, 0) is 0 Å². The minimum Gasteiger partial charge on any atom is -0.370 e. The molecule has 0 aliphatic rings. The van der Waals surface area contributed by atoms with Crippen LogP contribution in [0.2, 0.25) is 0 Å². The van der Waals surface area contributed by atoms with Crippen molar-refractivity contribution in [3.63, 3.8) is 0 Å². The summed E-state index contributed by atoms with van der Waals surface area (Å²) in [4.78, 5) is 9.38. The minimum atomic E-state index is 0.406. The highest BCUT2D eigenvalue weighted by molar-refractivity contribution is 9.10. The lowest BCUT2D eigenvalue weighted by Crippen LogP contribution is -2.09. The summed E-state index contributed by atoms with van der Waals surface area (Å²) in [6.07, 6.45) is 0. The molecule has 0 aliphatic carbocycles. The molecule has 0 saturated heterocycles. The van der Waals surface area contributed by atoms with Crippen LogP contribution in [0.4, 0.5) is 5.82 Å². The zero-order valence-electron chi connectivity index (χ0n) is 12.4. The van der Waals surface area contributed by atoms with Crippen molar-refractivity contribution in [2.45, 2.75) is 33.6 Å². The molecule has 0 fully saturated rings. The molecule has 20 heavy (non-hydrogen) atoms. The van der Waals surface area contributed by atoms with E-state index in [4.69, 9.17) is 4.98 Å². The molecule has 0 unspecified atom stereocenters. The highest BCUT2D eigenvalue weighted by atomic mass is 79.9. The first-order chi connectivity index (χ1) is 9.52. The van der Waals surface area contributed by atoms with Gasteiger partial charge < -0.3 is 5.32 Å². The van der Waals surface area contributed by atoms with Crippen molar-refractivity contribution in [1.82, 2.24) is 9.97 Å². The topological polar surface area (TPSA) is 37.8 Å². The summed E-state index contributed by atoms with van der Waals surface area (Å²) >= 11 is 3.45. The summed E-state index contributed by atoms with van der Waals surface area (Å²) in [5, 5.41) is 3.36. The number of anilines is 1. The second-order valence-electron chi connectivity index (χ2n) is 5.09. The summed E-state index contributed by atoms with van der Waals surface area (Å²) in [6, 6.07) is 8.09. The van der Waals surface area contributed by atoms with Crippen LogP contribution < -0.4 is 5.32 Å². The monoisotopic (exact) mass is 333 g/mol. The van der Waals surface area contributed by atoms with Crippen LogP contribution in [0.1, 0.15) is 37.9 Å². The summed E-state index contributed by atoms with van der Waals surface area (Å²) in [5.41, 5.74) is 3.28. The van der Waals surface area contributed by atoms with Crippen molar-refractivity contribution in [3.8, 4) is 11.4 Å². The zero-order chi connectivity index (χ0) is 14.7. The molecule has 0 radical (unpaired) electrons. The lowest BCUT2D eigenvalue weighted by molar-refractivity contribution is 0.831. The zero-order valence-corrected chi connectivity index (χ0v) is 14.0. The fourth-order valence-corrected chi connectivity index (χ4v) is 2.57. The number of aryl methyl sites for hydroxylation is 1. The molecule has 0 atom stereocenters. The fourth-order valence-electron chi connectivity index (χ4n) is 2.30. The summed E-state index contributed by atoms with van der Waals surface area (Å²) in [5.74, 6) is 2.13. The lowest BCUT2D eigenvalue weighted by Gasteiger charge is -2.16. The Kier molecular flexibility index (Phi) is 4.76. The van der Waals surface area contributed by atoms with E-state index < -0.39 is 0 Å². The van der Waals surface area contributed by atoms with Crippen molar-refractivity contribution < 1.29 is 0 Å². The van der Waals surface area contributed by atoms with E-state index in [-0.39, 0.29) is 0 Å². The first-order valence-corrected chi connectivity index (χ1v) is 7.70. The molecule has 0 aliphatic heterocycles. The second-order valence-corrected chi connectivity index (χ2v) is 6.00. The van der Waals surface area contributed by atoms with Crippen LogP contribution in [0.25, 0.3) is 11.4 Å². The van der Waals surface area contributed by atoms with E-state index in [9.17, 15) is 0 Å². The Labute approximate surface area is 129 Å². The smallest absolute Gasteiger partial charge is 0.161 e. The third kappa shape index (κ3) is 3.18. The highest BCUT2D eigenvalue weighted by Gasteiger charge is 2.15. The van der Waals surface area contributed by atoms with Gasteiger partial charge in [-0.2, -0.15) is 0 Å². The molecule has 2 aromatic rings. The largest absolute Gasteiger partial charge is 0.370 e. The van der Waals surface area contributed by atoms with Crippen molar-refractivity contribution in [3.05, 3.63) is 40.0 Å². The fraction of sp³-hybridized carbons (Fsp3) is 0.375. The van der Waals surface area contributed by atoms with E-state index in [1.807, 2.05) is 24.3 Å². The first-order valence-electron chi connectivity index (χ1n) is 6.91. The first kappa shape index (κ1) is 15.0. The van der Waals surface area contributed by atoms with Gasteiger partial charge in [-0.05, 0) is 31.9 Å². The molecule has 1 heterocycles. The SMILES string of the molecule is CCNc1nc(-c2ccc(Br)cc2)nc(C)c1C(C)C. The van der Waals surface area contributed by atoms with E-state index in [1.165, 1.54) is 5.56 Å². The predicted octanol–water partition coefficient (Wildman–Crippen LogP) is 4.77. The van der Waals surface area contributed by atoms with Gasteiger partial charge in [-0.1, -0.05) is 41.9 Å². The van der Waals surface area contributed by atoms with Crippen molar-refractivity contribution in [2.24, 2.45) is 0 Å². The van der Waals surface area contributed by atoms with Crippen molar-refractivity contribution in [2.75, 3.05) is 11.9 Å². The molecule has 0 amide bonds. The van der Waals surface area contributed by atoms with Gasteiger partial charge >= 0.3 is 0 Å². The van der Waals surface area contributed by atoms with Crippen LogP contribution in [0.3, 0.4) is 0 Å². The van der Waals surface area contributed by atoms with Crippen molar-refractivity contribution in [1.29, 1.82) is 0 Å². The highest BCUT2D eigenvalue weighted by Crippen LogP contribution is 2.28. The third-order valence-electron chi connectivity index (χ3n) is 3.16. The molecular formula is C16H20BrN3.